The molecule has 0 aromatic heterocycles. The summed E-state index contributed by atoms with van der Waals surface area (Å²) >= 11 is -1.90. The van der Waals surface area contributed by atoms with Crippen LogP contribution in [0.3, 0.4) is 0 Å². The Morgan fingerprint density at radius 2 is 0.970 bits per heavy atom. The van der Waals surface area contributed by atoms with Gasteiger partial charge in [-0.05, 0) is 0 Å². The third-order valence-electron chi connectivity index (χ3n) is 4.75. The fourth-order valence-electron chi connectivity index (χ4n) is 3.46. The molecule has 0 atom stereocenters. The summed E-state index contributed by atoms with van der Waals surface area (Å²) in [5.41, 5.74) is -1.25. The van der Waals surface area contributed by atoms with Crippen LogP contribution < -0.4 is 119 Å². The number of benzene rings is 3. The summed E-state index contributed by atoms with van der Waals surface area (Å²) < 4.78 is 32.9. The summed E-state index contributed by atoms with van der Waals surface area (Å²) in [6, 6.07) is 24.4. The molecule has 0 aliphatic carbocycles. The van der Waals surface area contributed by atoms with Crippen molar-refractivity contribution >= 4 is 40.0 Å². The van der Waals surface area contributed by atoms with E-state index in [1.165, 1.54) is 0 Å². The first-order valence-corrected chi connectivity index (χ1v) is 12.5. The molecule has 0 unspecified atom stereocenters. The fraction of sp³-hybridized carbons (Fsp3) is 0. The van der Waals surface area contributed by atoms with Gasteiger partial charge >= 0.3 is 293 Å². The van der Waals surface area contributed by atoms with Gasteiger partial charge in [0.25, 0.3) is 0 Å². The second-order valence-electron chi connectivity index (χ2n) is 6.20. The molecular weight excluding hydrogens is 591 g/mol. The number of carbonyl (C=O) groups excluding carboxylic acids is 3. The second-order valence-corrected chi connectivity index (χ2v) is 11.5. The molecule has 0 saturated heterocycles. The summed E-state index contributed by atoms with van der Waals surface area (Å²) in [6.45, 7) is -4.98. The maximum atomic E-state index is 14.0. The van der Waals surface area contributed by atoms with Gasteiger partial charge in [-0.1, -0.05) is 0 Å². The fourth-order valence-corrected chi connectivity index (χ4v) is 10.0. The predicted molar refractivity (Wildman–Crippen MR) is 104 cm³/mol. The molecule has 0 aliphatic heterocycles. The topological polar surface area (TPSA) is 104 Å². The molecule has 12 heteroatoms. The molecule has 0 fully saturated rings. The first kappa shape index (κ1) is 31.8. The van der Waals surface area contributed by atoms with Crippen LogP contribution in [0.25, 0.3) is 0 Å². The molecular formula is C21H15Co2K2O7P. The van der Waals surface area contributed by atoms with Crippen molar-refractivity contribution in [3.05, 3.63) is 91.0 Å². The molecule has 0 bridgehead atoms. The summed E-state index contributed by atoms with van der Waals surface area (Å²) in [7, 11) is 0. The zero-order valence-corrected chi connectivity index (χ0v) is 26.9. The van der Waals surface area contributed by atoms with Crippen LogP contribution in [-0.2, 0) is 59.5 Å². The van der Waals surface area contributed by atoms with Crippen molar-refractivity contribution in [2.24, 2.45) is 0 Å². The summed E-state index contributed by atoms with van der Waals surface area (Å²) in [6.07, 6.45) is 0. The van der Waals surface area contributed by atoms with Crippen molar-refractivity contribution in [1.82, 2.24) is 0 Å². The molecule has 0 heterocycles. The van der Waals surface area contributed by atoms with Crippen LogP contribution in [0.4, 0.5) is 0 Å². The van der Waals surface area contributed by atoms with Gasteiger partial charge in [0.2, 0.25) is 0 Å². The van der Waals surface area contributed by atoms with Crippen LogP contribution in [-0.4, -0.2) is 17.3 Å². The van der Waals surface area contributed by atoms with E-state index in [0.29, 0.717) is 0 Å². The van der Waals surface area contributed by atoms with Crippen LogP contribution >= 0.6 is 6.83 Å². The Morgan fingerprint density at radius 1 is 0.606 bits per heavy atom. The van der Waals surface area contributed by atoms with E-state index in [2.05, 4.69) is 3.85 Å². The van der Waals surface area contributed by atoms with E-state index in [9.17, 15) is 22.1 Å². The van der Waals surface area contributed by atoms with Gasteiger partial charge in [0.1, 0.15) is 0 Å². The Balaban J connectivity index is 0.00000272. The number of rotatable bonds is 9. The molecule has 0 amide bonds. The Hall–Kier alpha value is 0.746. The van der Waals surface area contributed by atoms with Gasteiger partial charge in [-0.15, -0.1) is 0 Å². The van der Waals surface area contributed by atoms with Crippen LogP contribution in [0.5, 0.6) is 0 Å². The average Bonchev–Trinajstić information content (AvgIpc) is 2.83. The number of hydrogen-bond acceptors (Lipinski definition) is 7. The Kier molecular flexibility index (Phi) is 13.9. The zero-order valence-electron chi connectivity index (χ0n) is 17.6. The molecule has 0 radical (unpaired) electrons. The van der Waals surface area contributed by atoms with E-state index in [1.807, 2.05) is 0 Å². The Labute approximate surface area is 288 Å². The van der Waals surface area contributed by atoms with Crippen molar-refractivity contribution in [3.8, 4) is 0 Å². The van der Waals surface area contributed by atoms with E-state index < -0.39 is 54.0 Å². The minimum absolute atomic E-state index is 0. The quantitative estimate of drug-likeness (QED) is 0.105. The van der Waals surface area contributed by atoms with Gasteiger partial charge in [-0.25, -0.2) is 0 Å². The normalized spacial score (nSPS) is 11.8. The number of carbonyl (C=O) groups is 3. The van der Waals surface area contributed by atoms with Crippen LogP contribution in [0.1, 0.15) is 0 Å². The average molecular weight is 606 g/mol. The molecule has 0 N–H and O–H groups in total. The molecule has 7 nitrogen and oxygen atoms in total. The number of hydrogen-bond donors (Lipinski definition) is 0. The van der Waals surface area contributed by atoms with Crippen LogP contribution in [0, 0.1) is 0 Å². The SMILES string of the molecule is [K+].[K+].[O]=[Co-][O]C(=O)C(=O)C(=O)P([O][Co-]=[O])(c1ccccc1)(c1ccccc1)c1ccccc1. The van der Waals surface area contributed by atoms with Crippen LogP contribution in [0.15, 0.2) is 91.0 Å². The summed E-state index contributed by atoms with van der Waals surface area (Å²) in [4.78, 5) is 39.1. The molecule has 3 aromatic carbocycles. The van der Waals surface area contributed by atoms with Gasteiger partial charge in [-0.2, -0.15) is 0 Å². The van der Waals surface area contributed by atoms with Crippen molar-refractivity contribution in [1.29, 1.82) is 0 Å². The van der Waals surface area contributed by atoms with Crippen LogP contribution in [0.2, 0.25) is 0 Å². The van der Waals surface area contributed by atoms with E-state index >= 15 is 0 Å². The van der Waals surface area contributed by atoms with Crippen molar-refractivity contribution in [3.63, 3.8) is 0 Å². The van der Waals surface area contributed by atoms with Crippen molar-refractivity contribution < 1.29 is 162 Å². The van der Waals surface area contributed by atoms with Gasteiger partial charge < -0.3 is 0 Å². The van der Waals surface area contributed by atoms with Crippen molar-refractivity contribution in [2.45, 2.75) is 0 Å². The monoisotopic (exact) mass is 606 g/mol. The summed E-state index contributed by atoms with van der Waals surface area (Å²) in [5, 5.41) is 0.788. The van der Waals surface area contributed by atoms with Crippen molar-refractivity contribution in [2.75, 3.05) is 0 Å². The zero-order chi connectivity index (χ0) is 22.3. The first-order valence-electron chi connectivity index (χ1n) is 8.67. The van der Waals surface area contributed by atoms with Gasteiger partial charge in [0, 0.05) is 0 Å². The van der Waals surface area contributed by atoms with Gasteiger partial charge in [0.15, 0.2) is 0 Å². The van der Waals surface area contributed by atoms with Gasteiger partial charge in [-0.3, -0.25) is 0 Å². The predicted octanol–water partition coefficient (Wildman–Crippen LogP) is -4.22. The molecule has 3 aromatic rings. The Bertz CT molecular complexity index is 1050. The van der Waals surface area contributed by atoms with Gasteiger partial charge in [0.05, 0.1) is 0 Å². The third-order valence-corrected chi connectivity index (χ3v) is 11.5. The van der Waals surface area contributed by atoms with E-state index in [1.54, 1.807) is 91.0 Å². The first-order chi connectivity index (χ1) is 15.0. The number of ketones is 1. The maximum absolute atomic E-state index is 14.0. The number of Topliss-reactive ketones (excluding diaryl/α,β-unsaturated/α-hetero) is 1. The van der Waals surface area contributed by atoms with E-state index in [4.69, 9.17) is 3.64 Å². The third kappa shape index (κ3) is 5.85. The molecule has 33 heavy (non-hydrogen) atoms. The Morgan fingerprint density at radius 3 is 1.27 bits per heavy atom. The molecule has 3 rings (SSSR count). The second kappa shape index (κ2) is 14.5. The minimum atomic E-state index is -4.98. The standard InChI is InChI=1S/C21H16O5P.2Co.2K.2O/c22-19(20(23)24)21(25)27(26,16-10-4-1-5-11-16,17-12-6-2-7-13-17)18-14-8-3-9-15-18;;;;;;/h1-15H,(H,23,24);;;;;;/q-1;;;2*+1;;/p-1. The molecule has 0 spiro atoms. The molecule has 166 valence electrons. The van der Waals surface area contributed by atoms with E-state index in [-0.39, 0.29) is 119 Å². The molecule has 0 aliphatic rings. The van der Waals surface area contributed by atoms with E-state index in [0.717, 1.165) is 0 Å². The summed E-state index contributed by atoms with van der Waals surface area (Å²) in [5.74, 6) is -3.18. The molecule has 0 saturated carbocycles.